The van der Waals surface area contributed by atoms with Crippen LogP contribution in [-0.4, -0.2) is 11.6 Å². The standard InChI is InChI=1S/C20H20N2O/c1-20(2)12-18(21-22-19(20)23)15-9-10-17-14(11-15)8-7-13-5-3-4-6-16(13)17/h3-6,9-11H,7-8,12H2,1-2H3,(H,22,23). The van der Waals surface area contributed by atoms with Gasteiger partial charge in [-0.05, 0) is 46.7 Å². The fraction of sp³-hybridized carbons (Fsp3) is 0.300. The second-order valence-electron chi connectivity index (χ2n) is 7.09. The molecule has 3 nitrogen and oxygen atoms in total. The summed E-state index contributed by atoms with van der Waals surface area (Å²) < 4.78 is 0. The van der Waals surface area contributed by atoms with Crippen LogP contribution in [-0.2, 0) is 17.6 Å². The van der Waals surface area contributed by atoms with Gasteiger partial charge in [0.05, 0.1) is 11.1 Å². The first kappa shape index (κ1) is 14.2. The highest BCUT2D eigenvalue weighted by Gasteiger charge is 2.33. The largest absolute Gasteiger partial charge is 0.273 e. The van der Waals surface area contributed by atoms with Crippen LogP contribution in [0, 0.1) is 5.41 Å². The summed E-state index contributed by atoms with van der Waals surface area (Å²) in [6, 6.07) is 15.2. The molecule has 3 heteroatoms. The fourth-order valence-electron chi connectivity index (χ4n) is 3.49. The Balaban J connectivity index is 1.74. The SMILES string of the molecule is CC1(C)CC(c2ccc3c(c2)CCc2ccccc2-3)=NNC1=O. The zero-order valence-electron chi connectivity index (χ0n) is 13.5. The van der Waals surface area contributed by atoms with Crippen LogP contribution in [0.2, 0.25) is 0 Å². The molecule has 0 unspecified atom stereocenters. The third kappa shape index (κ3) is 2.37. The molecule has 1 aliphatic carbocycles. The molecule has 0 saturated carbocycles. The molecule has 1 amide bonds. The van der Waals surface area contributed by atoms with Gasteiger partial charge in [-0.1, -0.05) is 50.2 Å². The van der Waals surface area contributed by atoms with Gasteiger partial charge in [0.25, 0.3) is 0 Å². The summed E-state index contributed by atoms with van der Waals surface area (Å²) >= 11 is 0. The lowest BCUT2D eigenvalue weighted by atomic mass is 9.81. The van der Waals surface area contributed by atoms with Crippen LogP contribution in [0.25, 0.3) is 11.1 Å². The maximum atomic E-state index is 11.8. The molecule has 4 rings (SSSR count). The van der Waals surface area contributed by atoms with Gasteiger partial charge in [0, 0.05) is 6.42 Å². The van der Waals surface area contributed by atoms with E-state index in [0.29, 0.717) is 6.42 Å². The zero-order chi connectivity index (χ0) is 16.0. The van der Waals surface area contributed by atoms with Crippen LogP contribution in [0.3, 0.4) is 0 Å². The number of nitrogens with zero attached hydrogens (tertiary/aromatic N) is 1. The van der Waals surface area contributed by atoms with E-state index in [1.165, 1.54) is 22.3 Å². The average Bonchev–Trinajstić information content (AvgIpc) is 2.56. The number of rotatable bonds is 1. The molecule has 0 bridgehead atoms. The molecule has 2 aromatic rings. The van der Waals surface area contributed by atoms with E-state index >= 15 is 0 Å². The maximum Gasteiger partial charge on any atom is 0.246 e. The van der Waals surface area contributed by atoms with Gasteiger partial charge in [0.2, 0.25) is 5.91 Å². The lowest BCUT2D eigenvalue weighted by molar-refractivity contribution is -0.129. The summed E-state index contributed by atoms with van der Waals surface area (Å²) in [5.74, 6) is -0.00635. The third-order valence-corrected chi connectivity index (χ3v) is 4.93. The molecule has 0 spiro atoms. The first-order chi connectivity index (χ1) is 11.0. The minimum Gasteiger partial charge on any atom is -0.273 e. The van der Waals surface area contributed by atoms with Crippen molar-refractivity contribution in [2.24, 2.45) is 10.5 Å². The number of aryl methyl sites for hydroxylation is 2. The number of benzene rings is 2. The van der Waals surface area contributed by atoms with E-state index < -0.39 is 5.41 Å². The molecular weight excluding hydrogens is 284 g/mol. The van der Waals surface area contributed by atoms with Crippen molar-refractivity contribution >= 4 is 11.6 Å². The Morgan fingerprint density at radius 1 is 1.00 bits per heavy atom. The number of carbonyl (C=O) groups is 1. The van der Waals surface area contributed by atoms with Gasteiger partial charge >= 0.3 is 0 Å². The van der Waals surface area contributed by atoms with E-state index in [0.717, 1.165) is 24.1 Å². The summed E-state index contributed by atoms with van der Waals surface area (Å²) in [4.78, 5) is 11.8. The monoisotopic (exact) mass is 304 g/mol. The fourth-order valence-corrected chi connectivity index (χ4v) is 3.49. The molecule has 1 N–H and O–H groups in total. The number of amides is 1. The van der Waals surface area contributed by atoms with E-state index in [1.807, 2.05) is 13.8 Å². The summed E-state index contributed by atoms with van der Waals surface area (Å²) in [5.41, 5.74) is 9.83. The number of fused-ring (bicyclic) bond motifs is 3. The Kier molecular flexibility index (Phi) is 3.12. The normalized spacial score (nSPS) is 18.5. The van der Waals surface area contributed by atoms with Gasteiger partial charge in [-0.2, -0.15) is 5.10 Å². The zero-order valence-corrected chi connectivity index (χ0v) is 13.5. The van der Waals surface area contributed by atoms with Crippen LogP contribution >= 0.6 is 0 Å². The van der Waals surface area contributed by atoms with E-state index in [4.69, 9.17) is 0 Å². The van der Waals surface area contributed by atoms with Crippen molar-refractivity contribution in [3.05, 3.63) is 59.2 Å². The van der Waals surface area contributed by atoms with Crippen molar-refractivity contribution in [3.63, 3.8) is 0 Å². The average molecular weight is 304 g/mol. The Bertz CT molecular complexity index is 833. The summed E-state index contributed by atoms with van der Waals surface area (Å²) in [6.45, 7) is 3.93. The van der Waals surface area contributed by atoms with Gasteiger partial charge in [-0.3, -0.25) is 4.79 Å². The highest BCUT2D eigenvalue weighted by Crippen LogP contribution is 2.35. The molecule has 0 aromatic heterocycles. The number of carbonyl (C=O) groups excluding carboxylic acids is 1. The van der Waals surface area contributed by atoms with Crippen molar-refractivity contribution < 1.29 is 4.79 Å². The lowest BCUT2D eigenvalue weighted by Crippen LogP contribution is -2.41. The van der Waals surface area contributed by atoms with Crippen LogP contribution in [0.4, 0.5) is 0 Å². The highest BCUT2D eigenvalue weighted by atomic mass is 16.2. The van der Waals surface area contributed by atoms with Crippen molar-refractivity contribution in [3.8, 4) is 11.1 Å². The van der Waals surface area contributed by atoms with E-state index in [1.54, 1.807) is 0 Å². The Hall–Kier alpha value is -2.42. The number of hydrogen-bond acceptors (Lipinski definition) is 2. The van der Waals surface area contributed by atoms with E-state index in [-0.39, 0.29) is 5.91 Å². The van der Waals surface area contributed by atoms with Gasteiger partial charge in [-0.15, -0.1) is 0 Å². The predicted molar refractivity (Wildman–Crippen MR) is 92.4 cm³/mol. The second-order valence-corrected chi connectivity index (χ2v) is 7.09. The minimum absolute atomic E-state index is 0.00635. The maximum absolute atomic E-state index is 11.8. The first-order valence-corrected chi connectivity index (χ1v) is 8.13. The minimum atomic E-state index is -0.403. The first-order valence-electron chi connectivity index (χ1n) is 8.13. The van der Waals surface area contributed by atoms with Crippen LogP contribution in [0.5, 0.6) is 0 Å². The Morgan fingerprint density at radius 3 is 2.57 bits per heavy atom. The lowest BCUT2D eigenvalue weighted by Gasteiger charge is -2.28. The molecule has 1 heterocycles. The molecule has 0 saturated heterocycles. The van der Waals surface area contributed by atoms with Gasteiger partial charge < -0.3 is 0 Å². The smallest absolute Gasteiger partial charge is 0.246 e. The van der Waals surface area contributed by atoms with Gasteiger partial charge in [-0.25, -0.2) is 5.43 Å². The van der Waals surface area contributed by atoms with Crippen LogP contribution < -0.4 is 5.43 Å². The number of nitrogens with one attached hydrogen (secondary N) is 1. The molecule has 116 valence electrons. The molecular formula is C20H20N2O. The van der Waals surface area contributed by atoms with Crippen molar-refractivity contribution in [1.29, 1.82) is 0 Å². The molecule has 0 fully saturated rings. The van der Waals surface area contributed by atoms with Crippen LogP contribution in [0.15, 0.2) is 47.6 Å². The third-order valence-electron chi connectivity index (χ3n) is 4.93. The Labute approximate surface area is 136 Å². The van der Waals surface area contributed by atoms with Gasteiger partial charge in [0.15, 0.2) is 0 Å². The van der Waals surface area contributed by atoms with Crippen molar-refractivity contribution in [2.75, 3.05) is 0 Å². The summed E-state index contributed by atoms with van der Waals surface area (Å²) in [7, 11) is 0. The number of hydrazone groups is 1. The summed E-state index contributed by atoms with van der Waals surface area (Å²) in [6.07, 6.45) is 2.82. The molecule has 2 aliphatic rings. The van der Waals surface area contributed by atoms with Gasteiger partial charge in [0.1, 0.15) is 0 Å². The van der Waals surface area contributed by atoms with E-state index in [2.05, 4.69) is 53.0 Å². The van der Waals surface area contributed by atoms with Crippen molar-refractivity contribution in [1.82, 2.24) is 5.43 Å². The molecule has 1 aliphatic heterocycles. The molecule has 2 aromatic carbocycles. The van der Waals surface area contributed by atoms with E-state index in [9.17, 15) is 4.79 Å². The summed E-state index contributed by atoms with van der Waals surface area (Å²) in [5, 5.41) is 4.29. The topological polar surface area (TPSA) is 41.5 Å². The molecule has 23 heavy (non-hydrogen) atoms. The quantitative estimate of drug-likeness (QED) is 0.857. The van der Waals surface area contributed by atoms with Crippen molar-refractivity contribution in [2.45, 2.75) is 33.1 Å². The molecule has 0 radical (unpaired) electrons. The second kappa shape index (κ2) is 5.05. The Morgan fingerprint density at radius 2 is 1.74 bits per heavy atom. The van der Waals surface area contributed by atoms with Crippen LogP contribution in [0.1, 0.15) is 37.0 Å². The highest BCUT2D eigenvalue weighted by molar-refractivity contribution is 6.06. The predicted octanol–water partition coefficient (Wildman–Crippen LogP) is 3.70. The molecule has 0 atom stereocenters. The number of hydrogen-bond donors (Lipinski definition) is 1.